The predicted molar refractivity (Wildman–Crippen MR) is 75.5 cm³/mol. The Balaban J connectivity index is 1.79. The molecule has 1 fully saturated rings. The van der Waals surface area contributed by atoms with Gasteiger partial charge in [0.2, 0.25) is 0 Å². The second kappa shape index (κ2) is 5.79. The standard InChI is InChI=1S/C15H20O2S/c1-15(8-13(9-15)11-18-2)14(16)17-10-12-6-4-3-5-7-12/h3-7,13H,8-11H2,1-2H3. The summed E-state index contributed by atoms with van der Waals surface area (Å²) in [6.45, 7) is 2.42. The van der Waals surface area contributed by atoms with Crippen LogP contribution in [0.25, 0.3) is 0 Å². The van der Waals surface area contributed by atoms with Crippen LogP contribution in [0.15, 0.2) is 30.3 Å². The smallest absolute Gasteiger partial charge is 0.312 e. The highest BCUT2D eigenvalue weighted by molar-refractivity contribution is 7.98. The van der Waals surface area contributed by atoms with Crippen molar-refractivity contribution >= 4 is 17.7 Å². The highest BCUT2D eigenvalue weighted by Gasteiger charge is 2.46. The highest BCUT2D eigenvalue weighted by Crippen LogP contribution is 2.47. The third kappa shape index (κ3) is 3.08. The SMILES string of the molecule is CSCC1CC(C)(C(=O)OCc2ccccc2)C1. The van der Waals surface area contributed by atoms with Gasteiger partial charge in [0.15, 0.2) is 0 Å². The van der Waals surface area contributed by atoms with E-state index < -0.39 is 0 Å². The van der Waals surface area contributed by atoms with Crippen molar-refractivity contribution in [1.29, 1.82) is 0 Å². The Morgan fingerprint density at radius 3 is 2.67 bits per heavy atom. The molecule has 0 aromatic heterocycles. The van der Waals surface area contributed by atoms with Gasteiger partial charge in [-0.3, -0.25) is 4.79 Å². The van der Waals surface area contributed by atoms with Gasteiger partial charge in [-0.1, -0.05) is 30.3 Å². The number of benzene rings is 1. The zero-order valence-corrected chi connectivity index (χ0v) is 11.8. The number of carbonyl (C=O) groups is 1. The summed E-state index contributed by atoms with van der Waals surface area (Å²) in [5, 5.41) is 0. The van der Waals surface area contributed by atoms with Crippen LogP contribution in [0.3, 0.4) is 0 Å². The fourth-order valence-corrected chi connectivity index (χ4v) is 3.34. The Bertz CT molecular complexity index is 396. The molecule has 0 aliphatic heterocycles. The van der Waals surface area contributed by atoms with E-state index in [0.29, 0.717) is 12.5 Å². The van der Waals surface area contributed by atoms with Gasteiger partial charge in [-0.2, -0.15) is 11.8 Å². The first-order chi connectivity index (χ1) is 8.64. The van der Waals surface area contributed by atoms with Gasteiger partial charge in [0.1, 0.15) is 6.61 Å². The lowest BCUT2D eigenvalue weighted by Gasteiger charge is -2.42. The van der Waals surface area contributed by atoms with Crippen LogP contribution in [0.5, 0.6) is 0 Å². The van der Waals surface area contributed by atoms with Gasteiger partial charge in [0.05, 0.1) is 5.41 Å². The van der Waals surface area contributed by atoms with Gasteiger partial charge in [0, 0.05) is 0 Å². The van der Waals surface area contributed by atoms with Crippen molar-refractivity contribution in [3.63, 3.8) is 0 Å². The number of hydrogen-bond acceptors (Lipinski definition) is 3. The summed E-state index contributed by atoms with van der Waals surface area (Å²) < 4.78 is 5.42. The van der Waals surface area contributed by atoms with Crippen LogP contribution in [-0.2, 0) is 16.1 Å². The zero-order chi connectivity index (χ0) is 13.0. The molecule has 0 bridgehead atoms. The molecule has 0 unspecified atom stereocenters. The first-order valence-electron chi connectivity index (χ1n) is 6.34. The minimum absolute atomic E-state index is 0.0382. The van der Waals surface area contributed by atoms with Crippen LogP contribution >= 0.6 is 11.8 Å². The number of esters is 1. The minimum atomic E-state index is -0.241. The third-order valence-corrected chi connectivity index (χ3v) is 4.39. The summed E-state index contributed by atoms with van der Waals surface area (Å²) >= 11 is 1.86. The van der Waals surface area contributed by atoms with Gasteiger partial charge in [-0.05, 0) is 43.3 Å². The van der Waals surface area contributed by atoms with Crippen LogP contribution in [0.4, 0.5) is 0 Å². The monoisotopic (exact) mass is 264 g/mol. The van der Waals surface area contributed by atoms with E-state index in [-0.39, 0.29) is 11.4 Å². The van der Waals surface area contributed by atoms with Crippen molar-refractivity contribution in [2.75, 3.05) is 12.0 Å². The largest absolute Gasteiger partial charge is 0.460 e. The molecule has 1 saturated carbocycles. The van der Waals surface area contributed by atoms with Crippen LogP contribution in [0.2, 0.25) is 0 Å². The average Bonchev–Trinajstić information content (AvgIpc) is 2.35. The van der Waals surface area contributed by atoms with Crippen molar-refractivity contribution < 1.29 is 9.53 Å². The van der Waals surface area contributed by atoms with E-state index in [9.17, 15) is 4.79 Å². The normalized spacial score (nSPS) is 26.4. The second-order valence-corrected chi connectivity index (χ2v) is 6.26. The maximum atomic E-state index is 12.0. The summed E-state index contributed by atoms with van der Waals surface area (Å²) in [5.41, 5.74) is 0.810. The third-order valence-electron chi connectivity index (χ3n) is 3.59. The zero-order valence-electron chi connectivity index (χ0n) is 11.0. The molecule has 1 aliphatic carbocycles. The molecule has 1 aromatic rings. The molecule has 0 heterocycles. The van der Waals surface area contributed by atoms with Crippen LogP contribution in [-0.4, -0.2) is 18.0 Å². The molecule has 1 aromatic carbocycles. The lowest BCUT2D eigenvalue weighted by molar-refractivity contribution is -0.164. The first-order valence-corrected chi connectivity index (χ1v) is 7.73. The highest BCUT2D eigenvalue weighted by atomic mass is 32.2. The average molecular weight is 264 g/mol. The molecule has 0 amide bonds. The second-order valence-electron chi connectivity index (χ2n) is 5.35. The summed E-state index contributed by atoms with van der Waals surface area (Å²) in [5.74, 6) is 1.81. The molecule has 0 N–H and O–H groups in total. The Labute approximate surface area is 113 Å². The van der Waals surface area contributed by atoms with E-state index in [0.717, 1.165) is 24.2 Å². The van der Waals surface area contributed by atoms with E-state index in [1.54, 1.807) is 0 Å². The Morgan fingerprint density at radius 2 is 2.06 bits per heavy atom. The van der Waals surface area contributed by atoms with Gasteiger partial charge in [0.25, 0.3) is 0 Å². The first kappa shape index (κ1) is 13.5. The molecule has 0 atom stereocenters. The molecular formula is C15H20O2S. The van der Waals surface area contributed by atoms with Crippen LogP contribution in [0, 0.1) is 11.3 Å². The van der Waals surface area contributed by atoms with E-state index in [2.05, 4.69) is 6.26 Å². The maximum Gasteiger partial charge on any atom is 0.312 e. The molecule has 18 heavy (non-hydrogen) atoms. The topological polar surface area (TPSA) is 26.3 Å². The van der Waals surface area contributed by atoms with Gasteiger partial charge in [-0.15, -0.1) is 0 Å². The van der Waals surface area contributed by atoms with Crippen LogP contribution in [0.1, 0.15) is 25.3 Å². The molecule has 0 spiro atoms. The van der Waals surface area contributed by atoms with E-state index in [1.807, 2.05) is 49.0 Å². The van der Waals surface area contributed by atoms with E-state index in [1.165, 1.54) is 0 Å². The number of thioether (sulfide) groups is 1. The summed E-state index contributed by atoms with van der Waals surface area (Å²) in [7, 11) is 0. The van der Waals surface area contributed by atoms with Crippen molar-refractivity contribution in [3.05, 3.63) is 35.9 Å². The lowest BCUT2D eigenvalue weighted by Crippen LogP contribution is -2.43. The quantitative estimate of drug-likeness (QED) is 0.761. The summed E-state index contributed by atoms with van der Waals surface area (Å²) in [6.07, 6.45) is 4.06. The molecular weight excluding hydrogens is 244 g/mol. The Morgan fingerprint density at radius 1 is 1.39 bits per heavy atom. The van der Waals surface area contributed by atoms with Crippen molar-refractivity contribution in [1.82, 2.24) is 0 Å². The Kier molecular flexibility index (Phi) is 4.33. The Hall–Kier alpha value is -0.960. The minimum Gasteiger partial charge on any atom is -0.460 e. The fourth-order valence-electron chi connectivity index (χ4n) is 2.63. The van der Waals surface area contributed by atoms with E-state index >= 15 is 0 Å². The molecule has 0 radical (unpaired) electrons. The van der Waals surface area contributed by atoms with Crippen molar-refractivity contribution in [2.45, 2.75) is 26.4 Å². The fraction of sp³-hybridized carbons (Fsp3) is 0.533. The summed E-state index contributed by atoms with van der Waals surface area (Å²) in [4.78, 5) is 12.0. The number of ether oxygens (including phenoxy) is 1. The maximum absolute atomic E-state index is 12.0. The molecule has 0 saturated heterocycles. The number of carbonyl (C=O) groups excluding carboxylic acids is 1. The molecule has 2 rings (SSSR count). The lowest BCUT2D eigenvalue weighted by atomic mass is 9.64. The van der Waals surface area contributed by atoms with Gasteiger partial charge < -0.3 is 4.74 Å². The number of rotatable bonds is 5. The van der Waals surface area contributed by atoms with Crippen molar-refractivity contribution in [2.24, 2.45) is 11.3 Å². The summed E-state index contributed by atoms with van der Waals surface area (Å²) in [6, 6.07) is 9.84. The van der Waals surface area contributed by atoms with Gasteiger partial charge in [-0.25, -0.2) is 0 Å². The number of hydrogen-bond donors (Lipinski definition) is 0. The van der Waals surface area contributed by atoms with Crippen molar-refractivity contribution in [3.8, 4) is 0 Å². The predicted octanol–water partition coefficient (Wildman–Crippen LogP) is 3.51. The molecule has 3 heteroatoms. The van der Waals surface area contributed by atoms with E-state index in [4.69, 9.17) is 4.74 Å². The molecule has 98 valence electrons. The molecule has 1 aliphatic rings. The molecule has 2 nitrogen and oxygen atoms in total. The van der Waals surface area contributed by atoms with Gasteiger partial charge >= 0.3 is 5.97 Å². The van der Waals surface area contributed by atoms with Crippen LogP contribution < -0.4 is 0 Å².